The number of thioether (sulfide) groups is 2. The van der Waals surface area contributed by atoms with Crippen molar-refractivity contribution < 1.29 is 14.3 Å². The van der Waals surface area contributed by atoms with Crippen LogP contribution in [0.4, 0.5) is 5.69 Å². The van der Waals surface area contributed by atoms with Crippen LogP contribution >= 0.6 is 23.5 Å². The molecule has 0 unspecified atom stereocenters. The number of anilines is 1. The minimum atomic E-state index is -0.494. The molecule has 33 heavy (non-hydrogen) atoms. The Morgan fingerprint density at radius 1 is 1.09 bits per heavy atom. The average molecular weight is 484 g/mol. The van der Waals surface area contributed by atoms with Crippen molar-refractivity contribution in [1.82, 2.24) is 5.32 Å². The molecule has 3 rings (SSSR count). The van der Waals surface area contributed by atoms with Gasteiger partial charge in [0.25, 0.3) is 0 Å². The third kappa shape index (κ3) is 6.42. The molecule has 0 aromatic heterocycles. The maximum absolute atomic E-state index is 12.7. The van der Waals surface area contributed by atoms with Crippen LogP contribution in [0.1, 0.15) is 36.6 Å². The largest absolute Gasteiger partial charge is 0.463 e. The highest BCUT2D eigenvalue weighted by atomic mass is 32.2. The van der Waals surface area contributed by atoms with E-state index in [1.54, 1.807) is 18.7 Å². The number of hydrogen-bond acceptors (Lipinski definition) is 7. The zero-order valence-electron chi connectivity index (χ0n) is 19.5. The molecule has 0 saturated heterocycles. The third-order valence-electron chi connectivity index (χ3n) is 5.28. The lowest BCUT2D eigenvalue weighted by molar-refractivity contribution is -0.139. The Kier molecular flexibility index (Phi) is 8.63. The lowest BCUT2D eigenvalue weighted by atomic mass is 9.97. The lowest BCUT2D eigenvalue weighted by Gasteiger charge is -2.25. The molecule has 0 radical (unpaired) electrons. The number of allylic oxidation sites excluding steroid dienone is 1. The van der Waals surface area contributed by atoms with Crippen LogP contribution in [-0.2, 0) is 14.3 Å². The summed E-state index contributed by atoms with van der Waals surface area (Å²) in [6, 6.07) is 13.3. The standard InChI is InChI=1S/C25H29N3O3S2/c1-6-31-24(30)22-17(4)26-25(28-23(22)18-8-11-20(32-5)12-9-18)33-14-21(29)27-19-10-7-15(2)16(3)13-19/h7-13,23H,6,14H2,1-5H3,(H,26,28)(H,27,29)/t23-/m0/s1. The van der Waals surface area contributed by atoms with Crippen molar-refractivity contribution in [2.24, 2.45) is 4.99 Å². The topological polar surface area (TPSA) is 79.8 Å². The molecule has 2 N–H and O–H groups in total. The molecule has 0 spiro atoms. The molecule has 1 heterocycles. The number of ether oxygens (including phenoxy) is 1. The van der Waals surface area contributed by atoms with Crippen LogP contribution in [0.5, 0.6) is 0 Å². The Morgan fingerprint density at radius 2 is 1.82 bits per heavy atom. The van der Waals surface area contributed by atoms with Crippen molar-refractivity contribution in [3.05, 3.63) is 70.4 Å². The Bertz CT molecular complexity index is 1090. The predicted molar refractivity (Wildman–Crippen MR) is 138 cm³/mol. The third-order valence-corrected chi connectivity index (χ3v) is 6.91. The van der Waals surface area contributed by atoms with E-state index >= 15 is 0 Å². The second kappa shape index (κ2) is 11.4. The summed E-state index contributed by atoms with van der Waals surface area (Å²) in [5.41, 5.74) is 5.14. The van der Waals surface area contributed by atoms with Crippen molar-refractivity contribution in [2.75, 3.05) is 23.9 Å². The first-order valence-corrected chi connectivity index (χ1v) is 12.9. The monoisotopic (exact) mass is 483 g/mol. The van der Waals surface area contributed by atoms with Gasteiger partial charge in [-0.15, -0.1) is 11.8 Å². The van der Waals surface area contributed by atoms with Gasteiger partial charge in [0, 0.05) is 16.3 Å². The van der Waals surface area contributed by atoms with E-state index in [4.69, 9.17) is 9.73 Å². The van der Waals surface area contributed by atoms with E-state index in [1.165, 1.54) is 17.3 Å². The number of aryl methyl sites for hydroxylation is 2. The number of hydrogen-bond donors (Lipinski definition) is 2. The molecular formula is C25H29N3O3S2. The second-order valence-corrected chi connectivity index (χ2v) is 9.47. The average Bonchev–Trinajstić information content (AvgIpc) is 2.80. The lowest BCUT2D eigenvalue weighted by Crippen LogP contribution is -2.31. The summed E-state index contributed by atoms with van der Waals surface area (Å²) >= 11 is 2.96. The number of esters is 1. The van der Waals surface area contributed by atoms with Crippen LogP contribution in [0.2, 0.25) is 0 Å². The second-order valence-electron chi connectivity index (χ2n) is 7.63. The summed E-state index contributed by atoms with van der Waals surface area (Å²) in [5, 5.41) is 6.69. The smallest absolute Gasteiger partial charge is 0.338 e. The molecule has 174 valence electrons. The first-order chi connectivity index (χ1) is 15.8. The first-order valence-electron chi connectivity index (χ1n) is 10.7. The predicted octanol–water partition coefficient (Wildman–Crippen LogP) is 5.23. The van der Waals surface area contributed by atoms with Gasteiger partial charge in [0.15, 0.2) is 5.17 Å². The summed E-state index contributed by atoms with van der Waals surface area (Å²) in [4.78, 5) is 31.1. The quantitative estimate of drug-likeness (QED) is 0.414. The summed E-state index contributed by atoms with van der Waals surface area (Å²) in [5.74, 6) is -0.313. The van der Waals surface area contributed by atoms with Gasteiger partial charge in [-0.2, -0.15) is 0 Å². The van der Waals surface area contributed by atoms with Crippen LogP contribution in [0.25, 0.3) is 0 Å². The molecule has 1 aliphatic heterocycles. The van der Waals surface area contributed by atoms with Crippen molar-refractivity contribution >= 4 is 46.3 Å². The van der Waals surface area contributed by atoms with Gasteiger partial charge in [0.2, 0.25) is 5.91 Å². The molecule has 0 aliphatic carbocycles. The molecule has 0 bridgehead atoms. The number of benzene rings is 2. The Labute approximate surface area is 203 Å². The number of aliphatic imine (C=N–C) groups is 1. The summed E-state index contributed by atoms with van der Waals surface area (Å²) in [7, 11) is 0. The molecule has 1 atom stereocenters. The Balaban J connectivity index is 1.76. The molecule has 2 aromatic carbocycles. The Hall–Kier alpha value is -2.71. The number of amides is 1. The zero-order valence-corrected chi connectivity index (χ0v) is 21.2. The SMILES string of the molecule is CCOC(=O)C1=C(C)NC(SCC(=O)Nc2ccc(C)c(C)c2)=N[C@H]1c1ccc(SC)cc1. The van der Waals surface area contributed by atoms with Crippen LogP contribution in [0, 0.1) is 13.8 Å². The van der Waals surface area contributed by atoms with E-state index < -0.39 is 6.04 Å². The maximum atomic E-state index is 12.7. The minimum absolute atomic E-state index is 0.119. The van der Waals surface area contributed by atoms with Crippen LogP contribution < -0.4 is 10.6 Å². The van der Waals surface area contributed by atoms with Gasteiger partial charge >= 0.3 is 5.97 Å². The fourth-order valence-electron chi connectivity index (χ4n) is 3.37. The Morgan fingerprint density at radius 3 is 2.45 bits per heavy atom. The van der Waals surface area contributed by atoms with Gasteiger partial charge in [0.05, 0.1) is 17.9 Å². The van der Waals surface area contributed by atoms with Gasteiger partial charge in [-0.1, -0.05) is 30.0 Å². The van der Waals surface area contributed by atoms with Crippen molar-refractivity contribution in [1.29, 1.82) is 0 Å². The number of carbonyl (C=O) groups is 2. The summed E-state index contributed by atoms with van der Waals surface area (Å²) < 4.78 is 5.29. The van der Waals surface area contributed by atoms with Crippen molar-refractivity contribution in [2.45, 2.75) is 38.6 Å². The van der Waals surface area contributed by atoms with Crippen LogP contribution in [0.3, 0.4) is 0 Å². The number of nitrogens with one attached hydrogen (secondary N) is 2. The van der Waals surface area contributed by atoms with Crippen LogP contribution in [0.15, 0.2) is 63.6 Å². The summed E-state index contributed by atoms with van der Waals surface area (Å²) in [6.45, 7) is 7.96. The normalized spacial score (nSPS) is 15.5. The molecule has 2 aromatic rings. The van der Waals surface area contributed by atoms with E-state index in [-0.39, 0.29) is 24.2 Å². The highest BCUT2D eigenvalue weighted by molar-refractivity contribution is 8.14. The zero-order chi connectivity index (χ0) is 24.0. The number of carbonyl (C=O) groups excluding carboxylic acids is 2. The molecule has 0 saturated carbocycles. The van der Waals surface area contributed by atoms with Gasteiger partial charge in [0.1, 0.15) is 6.04 Å². The first kappa shape index (κ1) is 24.9. The highest BCUT2D eigenvalue weighted by Gasteiger charge is 2.30. The molecule has 1 aliphatic rings. The molecule has 6 nitrogen and oxygen atoms in total. The van der Waals surface area contributed by atoms with E-state index in [2.05, 4.69) is 10.6 Å². The van der Waals surface area contributed by atoms with E-state index in [9.17, 15) is 9.59 Å². The van der Waals surface area contributed by atoms with Gasteiger partial charge < -0.3 is 15.4 Å². The molecular weight excluding hydrogens is 454 g/mol. The van der Waals surface area contributed by atoms with E-state index in [0.717, 1.165) is 21.7 Å². The summed E-state index contributed by atoms with van der Waals surface area (Å²) in [6.07, 6.45) is 2.02. The van der Waals surface area contributed by atoms with Gasteiger partial charge in [-0.25, -0.2) is 9.79 Å². The molecule has 8 heteroatoms. The maximum Gasteiger partial charge on any atom is 0.338 e. The van der Waals surface area contributed by atoms with E-state index in [0.29, 0.717) is 16.4 Å². The highest BCUT2D eigenvalue weighted by Crippen LogP contribution is 2.33. The number of nitrogens with zero attached hydrogens (tertiary/aromatic N) is 1. The van der Waals surface area contributed by atoms with Gasteiger partial charge in [-0.05, 0) is 74.9 Å². The number of amidine groups is 1. The fourth-order valence-corrected chi connectivity index (χ4v) is 4.52. The fraction of sp³-hybridized carbons (Fsp3) is 0.320. The molecule has 0 fully saturated rings. The molecule has 1 amide bonds. The van der Waals surface area contributed by atoms with Crippen LogP contribution in [-0.4, -0.2) is 35.7 Å². The number of rotatable bonds is 7. The van der Waals surface area contributed by atoms with Gasteiger partial charge in [-0.3, -0.25) is 4.79 Å². The minimum Gasteiger partial charge on any atom is -0.463 e. The van der Waals surface area contributed by atoms with Crippen molar-refractivity contribution in [3.8, 4) is 0 Å². The van der Waals surface area contributed by atoms with E-state index in [1.807, 2.05) is 69.5 Å². The van der Waals surface area contributed by atoms with Crippen molar-refractivity contribution in [3.63, 3.8) is 0 Å².